The van der Waals surface area contributed by atoms with Crippen LogP contribution in [0.2, 0.25) is 0 Å². The molecule has 2 aromatic rings. The molecule has 0 amide bonds. The summed E-state index contributed by atoms with van der Waals surface area (Å²) in [5.41, 5.74) is 1.19. The van der Waals surface area contributed by atoms with Crippen molar-refractivity contribution < 1.29 is 0 Å². The highest BCUT2D eigenvalue weighted by molar-refractivity contribution is 9.13. The predicted molar refractivity (Wildman–Crippen MR) is 71.4 cm³/mol. The lowest BCUT2D eigenvalue weighted by Gasteiger charge is -1.99. The van der Waals surface area contributed by atoms with Crippen LogP contribution >= 0.6 is 54.5 Å². The molecule has 0 bridgehead atoms. The summed E-state index contributed by atoms with van der Waals surface area (Å²) in [6.45, 7) is 0.881. The summed E-state index contributed by atoms with van der Waals surface area (Å²) in [4.78, 5) is 1.31. The highest BCUT2D eigenvalue weighted by atomic mass is 79.9. The zero-order valence-electron chi connectivity index (χ0n) is 7.09. The molecule has 0 saturated heterocycles. The molecule has 0 atom stereocenters. The fraction of sp³-hybridized carbons (Fsp3) is 0.111. The minimum Gasteiger partial charge on any atom is -0.379 e. The van der Waals surface area contributed by atoms with Crippen LogP contribution in [0.5, 0.6) is 0 Å². The van der Waals surface area contributed by atoms with Gasteiger partial charge in [-0.25, -0.2) is 0 Å². The van der Waals surface area contributed by atoms with Gasteiger partial charge in [0.15, 0.2) is 0 Å². The Morgan fingerprint density at radius 1 is 1.36 bits per heavy atom. The Bertz CT molecular complexity index is 389. The number of rotatable bonds is 3. The standard InChI is InChI=1S/C9H7Br2NS2/c10-8-3-7(14-9(8)11)4-12-6-1-2-13-5-6/h1-3,5,12H,4H2. The van der Waals surface area contributed by atoms with Crippen molar-refractivity contribution in [1.82, 2.24) is 0 Å². The average Bonchev–Trinajstić information content (AvgIpc) is 2.74. The van der Waals surface area contributed by atoms with Gasteiger partial charge in [0.1, 0.15) is 0 Å². The number of anilines is 1. The Morgan fingerprint density at radius 2 is 2.21 bits per heavy atom. The molecule has 0 spiro atoms. The van der Waals surface area contributed by atoms with Gasteiger partial charge in [-0.15, -0.1) is 11.3 Å². The molecule has 1 N–H and O–H groups in total. The topological polar surface area (TPSA) is 12.0 Å². The van der Waals surface area contributed by atoms with E-state index in [-0.39, 0.29) is 0 Å². The second-order valence-electron chi connectivity index (χ2n) is 2.70. The monoisotopic (exact) mass is 351 g/mol. The molecule has 0 unspecified atom stereocenters. The van der Waals surface area contributed by atoms with E-state index in [9.17, 15) is 0 Å². The van der Waals surface area contributed by atoms with Crippen LogP contribution in [0, 0.1) is 0 Å². The molecule has 0 aliphatic heterocycles. The minimum atomic E-state index is 0.881. The van der Waals surface area contributed by atoms with Crippen LogP contribution in [0.25, 0.3) is 0 Å². The maximum atomic E-state index is 3.48. The number of thiophene rings is 2. The summed E-state index contributed by atoms with van der Waals surface area (Å²) in [5, 5.41) is 7.54. The number of nitrogens with one attached hydrogen (secondary N) is 1. The molecule has 0 fully saturated rings. The molecule has 1 nitrogen and oxygen atoms in total. The number of hydrogen-bond donors (Lipinski definition) is 1. The molecule has 0 saturated carbocycles. The zero-order chi connectivity index (χ0) is 9.97. The smallest absolute Gasteiger partial charge is 0.0843 e. The Hall–Kier alpha value is 0.160. The summed E-state index contributed by atoms with van der Waals surface area (Å²) in [7, 11) is 0. The highest BCUT2D eigenvalue weighted by Crippen LogP contribution is 2.32. The quantitative estimate of drug-likeness (QED) is 0.824. The lowest BCUT2D eigenvalue weighted by atomic mass is 10.4. The van der Waals surface area contributed by atoms with E-state index >= 15 is 0 Å². The second-order valence-corrected chi connectivity index (χ2v) is 6.79. The Kier molecular flexibility index (Phi) is 3.65. The van der Waals surface area contributed by atoms with E-state index in [0.717, 1.165) is 14.8 Å². The van der Waals surface area contributed by atoms with Crippen molar-refractivity contribution in [3.63, 3.8) is 0 Å². The van der Waals surface area contributed by atoms with Crippen molar-refractivity contribution in [3.05, 3.63) is 36.0 Å². The summed E-state index contributed by atoms with van der Waals surface area (Å²) in [5.74, 6) is 0. The van der Waals surface area contributed by atoms with Crippen molar-refractivity contribution in [1.29, 1.82) is 0 Å². The van der Waals surface area contributed by atoms with Crippen LogP contribution in [-0.4, -0.2) is 0 Å². The summed E-state index contributed by atoms with van der Waals surface area (Å²) < 4.78 is 2.28. The molecule has 2 aromatic heterocycles. The molecule has 0 radical (unpaired) electrons. The normalized spacial score (nSPS) is 10.4. The van der Waals surface area contributed by atoms with Crippen molar-refractivity contribution in [2.75, 3.05) is 5.32 Å². The SMILES string of the molecule is Brc1cc(CNc2ccsc2)sc1Br. The van der Waals surface area contributed by atoms with Gasteiger partial charge in [0.25, 0.3) is 0 Å². The number of halogens is 2. The van der Waals surface area contributed by atoms with Crippen LogP contribution < -0.4 is 5.32 Å². The minimum absolute atomic E-state index is 0.881. The maximum Gasteiger partial charge on any atom is 0.0843 e. The van der Waals surface area contributed by atoms with Gasteiger partial charge in [-0.3, -0.25) is 0 Å². The predicted octanol–water partition coefficient (Wildman–Crippen LogP) is 4.95. The highest BCUT2D eigenvalue weighted by Gasteiger charge is 2.03. The largest absolute Gasteiger partial charge is 0.379 e. The molecule has 2 heterocycles. The molecule has 0 aliphatic rings. The third-order valence-electron chi connectivity index (χ3n) is 1.68. The van der Waals surface area contributed by atoms with Crippen LogP contribution in [-0.2, 0) is 6.54 Å². The molecule has 2 rings (SSSR count). The molecule has 74 valence electrons. The van der Waals surface area contributed by atoms with Gasteiger partial charge in [-0.05, 0) is 49.4 Å². The van der Waals surface area contributed by atoms with Crippen LogP contribution in [0.15, 0.2) is 31.2 Å². The van der Waals surface area contributed by atoms with E-state index in [1.165, 1.54) is 10.6 Å². The molecule has 5 heteroatoms. The fourth-order valence-corrected chi connectivity index (χ4v) is 3.76. The second kappa shape index (κ2) is 4.79. The molecule has 0 aromatic carbocycles. The summed E-state index contributed by atoms with van der Waals surface area (Å²) in [6, 6.07) is 4.22. The van der Waals surface area contributed by atoms with E-state index < -0.39 is 0 Å². The van der Waals surface area contributed by atoms with E-state index in [0.29, 0.717) is 0 Å². The van der Waals surface area contributed by atoms with Gasteiger partial charge in [-0.1, -0.05) is 0 Å². The Balaban J connectivity index is 1.98. The first-order valence-electron chi connectivity index (χ1n) is 3.95. The van der Waals surface area contributed by atoms with Crippen molar-refractivity contribution >= 4 is 60.2 Å². The van der Waals surface area contributed by atoms with E-state index in [1.807, 2.05) is 0 Å². The van der Waals surface area contributed by atoms with Crippen molar-refractivity contribution in [2.24, 2.45) is 0 Å². The van der Waals surface area contributed by atoms with E-state index in [1.54, 1.807) is 22.7 Å². The lowest BCUT2D eigenvalue weighted by molar-refractivity contribution is 1.20. The van der Waals surface area contributed by atoms with Crippen molar-refractivity contribution in [3.8, 4) is 0 Å². The van der Waals surface area contributed by atoms with Crippen LogP contribution in [0.4, 0.5) is 5.69 Å². The third kappa shape index (κ3) is 2.59. The van der Waals surface area contributed by atoms with Crippen LogP contribution in [0.3, 0.4) is 0 Å². The van der Waals surface area contributed by atoms with Gasteiger partial charge < -0.3 is 5.32 Å². The van der Waals surface area contributed by atoms with E-state index in [4.69, 9.17) is 0 Å². The van der Waals surface area contributed by atoms with Gasteiger partial charge in [-0.2, -0.15) is 11.3 Å². The lowest BCUT2D eigenvalue weighted by Crippen LogP contribution is -1.94. The summed E-state index contributed by atoms with van der Waals surface area (Å²) >= 11 is 10.4. The maximum absolute atomic E-state index is 3.48. The molecular formula is C9H7Br2NS2. The first-order chi connectivity index (χ1) is 6.75. The van der Waals surface area contributed by atoms with Gasteiger partial charge >= 0.3 is 0 Å². The zero-order valence-corrected chi connectivity index (χ0v) is 11.9. The molecule has 14 heavy (non-hydrogen) atoms. The fourth-order valence-electron chi connectivity index (χ4n) is 1.03. The Labute approximate surface area is 107 Å². The van der Waals surface area contributed by atoms with Crippen molar-refractivity contribution in [2.45, 2.75) is 6.54 Å². The number of hydrogen-bond acceptors (Lipinski definition) is 3. The average molecular weight is 353 g/mol. The first kappa shape index (κ1) is 10.7. The third-order valence-corrected chi connectivity index (χ3v) is 5.62. The molecule has 0 aliphatic carbocycles. The van der Waals surface area contributed by atoms with Gasteiger partial charge in [0, 0.05) is 27.0 Å². The molecular weight excluding hydrogens is 346 g/mol. The van der Waals surface area contributed by atoms with Gasteiger partial charge in [0.2, 0.25) is 0 Å². The van der Waals surface area contributed by atoms with Crippen LogP contribution in [0.1, 0.15) is 4.88 Å². The Morgan fingerprint density at radius 3 is 2.79 bits per heavy atom. The summed E-state index contributed by atoms with van der Waals surface area (Å²) in [6.07, 6.45) is 0. The van der Waals surface area contributed by atoms with E-state index in [2.05, 4.69) is 60.1 Å². The first-order valence-corrected chi connectivity index (χ1v) is 7.30. The van der Waals surface area contributed by atoms with Gasteiger partial charge in [0.05, 0.1) is 3.79 Å².